The minimum Gasteiger partial charge on any atom is -0.399 e. The molecule has 4 N–H and O–H groups in total. The summed E-state index contributed by atoms with van der Waals surface area (Å²) < 4.78 is 0. The number of carbonyl (C=O) groups is 3. The molecule has 20 heavy (non-hydrogen) atoms. The van der Waals surface area contributed by atoms with E-state index in [0.29, 0.717) is 5.69 Å². The molecule has 0 spiro atoms. The molecule has 0 aliphatic rings. The van der Waals surface area contributed by atoms with Crippen molar-refractivity contribution in [2.45, 2.75) is 25.3 Å². The van der Waals surface area contributed by atoms with Gasteiger partial charge in [-0.2, -0.15) is 0 Å². The molecule has 0 fully saturated rings. The van der Waals surface area contributed by atoms with E-state index in [4.69, 9.17) is 5.73 Å². The van der Waals surface area contributed by atoms with Gasteiger partial charge in [0.2, 0.25) is 11.8 Å². The first kappa shape index (κ1) is 15.7. The summed E-state index contributed by atoms with van der Waals surface area (Å²) in [5.41, 5.74) is 6.99. The second-order valence-corrected chi connectivity index (χ2v) is 4.40. The normalized spacial score (nSPS) is 11.4. The Morgan fingerprint density at radius 1 is 1.40 bits per heavy atom. The Hall–Kier alpha value is -2.37. The quantitative estimate of drug-likeness (QED) is 0.483. The first-order valence-corrected chi connectivity index (χ1v) is 6.35. The van der Waals surface area contributed by atoms with Gasteiger partial charge in [-0.1, -0.05) is 12.1 Å². The molecule has 6 nitrogen and oxygen atoms in total. The Kier molecular flexibility index (Phi) is 6.22. The van der Waals surface area contributed by atoms with Crippen molar-refractivity contribution in [1.82, 2.24) is 10.6 Å². The van der Waals surface area contributed by atoms with Gasteiger partial charge in [-0.05, 0) is 24.1 Å². The molecule has 0 saturated heterocycles. The first-order chi connectivity index (χ1) is 9.56. The summed E-state index contributed by atoms with van der Waals surface area (Å²) in [5, 5.41) is 5.08. The van der Waals surface area contributed by atoms with Crippen LogP contribution < -0.4 is 16.4 Å². The average molecular weight is 277 g/mol. The molecule has 1 aromatic rings. The van der Waals surface area contributed by atoms with Crippen LogP contribution in [0.15, 0.2) is 24.3 Å². The summed E-state index contributed by atoms with van der Waals surface area (Å²) in [7, 11) is 1.49. The van der Waals surface area contributed by atoms with Gasteiger partial charge in [0, 0.05) is 19.2 Å². The highest BCUT2D eigenvalue weighted by Gasteiger charge is 2.19. The van der Waals surface area contributed by atoms with E-state index in [2.05, 4.69) is 10.6 Å². The van der Waals surface area contributed by atoms with E-state index in [1.807, 2.05) is 0 Å². The number of carbonyl (C=O) groups excluding carboxylic acids is 3. The van der Waals surface area contributed by atoms with Gasteiger partial charge >= 0.3 is 0 Å². The van der Waals surface area contributed by atoms with Crippen LogP contribution in [-0.2, 0) is 20.8 Å². The molecule has 6 heteroatoms. The monoisotopic (exact) mass is 277 g/mol. The number of hydrogen-bond donors (Lipinski definition) is 3. The lowest BCUT2D eigenvalue weighted by molar-refractivity contribution is -0.128. The molecule has 0 aliphatic carbocycles. The number of nitrogen functional groups attached to an aromatic ring is 1. The van der Waals surface area contributed by atoms with E-state index in [1.54, 1.807) is 24.3 Å². The predicted octanol–water partition coefficient (Wildman–Crippen LogP) is 0.0212. The third-order valence-electron chi connectivity index (χ3n) is 2.79. The van der Waals surface area contributed by atoms with E-state index in [1.165, 1.54) is 7.05 Å². The maximum absolute atomic E-state index is 11.9. The van der Waals surface area contributed by atoms with Crippen LogP contribution in [-0.4, -0.2) is 31.2 Å². The number of amides is 2. The lowest BCUT2D eigenvalue weighted by atomic mass is 10.1. The van der Waals surface area contributed by atoms with E-state index in [9.17, 15) is 14.4 Å². The van der Waals surface area contributed by atoms with Crippen molar-refractivity contribution in [1.29, 1.82) is 0 Å². The Morgan fingerprint density at radius 3 is 2.75 bits per heavy atom. The molecular formula is C14H19N3O3. The van der Waals surface area contributed by atoms with Crippen LogP contribution in [0.4, 0.5) is 5.69 Å². The van der Waals surface area contributed by atoms with Crippen LogP contribution in [0.2, 0.25) is 0 Å². The summed E-state index contributed by atoms with van der Waals surface area (Å²) in [5.74, 6) is -0.595. The second-order valence-electron chi connectivity index (χ2n) is 4.40. The van der Waals surface area contributed by atoms with E-state index in [0.717, 1.165) is 11.8 Å². The SMILES string of the molecule is CNC(=O)C(CCC=O)NC(=O)Cc1cccc(N)c1. The van der Waals surface area contributed by atoms with Crippen LogP contribution in [0.25, 0.3) is 0 Å². The van der Waals surface area contributed by atoms with Gasteiger partial charge < -0.3 is 21.2 Å². The highest BCUT2D eigenvalue weighted by atomic mass is 16.2. The van der Waals surface area contributed by atoms with Gasteiger partial charge in [-0.3, -0.25) is 9.59 Å². The van der Waals surface area contributed by atoms with E-state index in [-0.39, 0.29) is 31.1 Å². The minimum absolute atomic E-state index is 0.139. The summed E-state index contributed by atoms with van der Waals surface area (Å²) in [4.78, 5) is 33.9. The molecule has 0 radical (unpaired) electrons. The number of likely N-dealkylation sites (N-methyl/N-ethyl adjacent to an activating group) is 1. The maximum Gasteiger partial charge on any atom is 0.242 e. The number of rotatable bonds is 7. The largest absolute Gasteiger partial charge is 0.399 e. The van der Waals surface area contributed by atoms with Crippen LogP contribution >= 0.6 is 0 Å². The Labute approximate surface area is 117 Å². The third kappa shape index (κ3) is 5.09. The first-order valence-electron chi connectivity index (χ1n) is 6.35. The van der Waals surface area contributed by atoms with Crippen LogP contribution in [0.3, 0.4) is 0 Å². The van der Waals surface area contributed by atoms with Crippen LogP contribution in [0, 0.1) is 0 Å². The molecule has 0 saturated carbocycles. The summed E-state index contributed by atoms with van der Waals surface area (Å²) in [6, 6.07) is 6.30. The fourth-order valence-electron chi connectivity index (χ4n) is 1.81. The number of hydrogen-bond acceptors (Lipinski definition) is 4. The van der Waals surface area contributed by atoms with Gasteiger partial charge in [0.05, 0.1) is 6.42 Å². The van der Waals surface area contributed by atoms with E-state index < -0.39 is 6.04 Å². The molecule has 0 aliphatic heterocycles. The molecule has 0 bridgehead atoms. The van der Waals surface area contributed by atoms with Crippen LogP contribution in [0.5, 0.6) is 0 Å². The van der Waals surface area contributed by atoms with Crippen LogP contribution in [0.1, 0.15) is 18.4 Å². The molecule has 0 aromatic heterocycles. The van der Waals surface area contributed by atoms with Crippen molar-refractivity contribution >= 4 is 23.8 Å². The average Bonchev–Trinajstić information content (AvgIpc) is 2.42. The number of nitrogens with one attached hydrogen (secondary N) is 2. The summed E-state index contributed by atoms with van der Waals surface area (Å²) in [6.45, 7) is 0. The van der Waals surface area contributed by atoms with Crippen molar-refractivity contribution in [3.63, 3.8) is 0 Å². The predicted molar refractivity (Wildman–Crippen MR) is 75.9 cm³/mol. The van der Waals surface area contributed by atoms with Gasteiger partial charge in [0.25, 0.3) is 0 Å². The van der Waals surface area contributed by atoms with Gasteiger partial charge in [-0.25, -0.2) is 0 Å². The Bertz CT molecular complexity index is 488. The summed E-state index contributed by atoms with van der Waals surface area (Å²) >= 11 is 0. The Balaban J connectivity index is 2.61. The minimum atomic E-state index is -0.696. The van der Waals surface area contributed by atoms with Crippen molar-refractivity contribution in [2.24, 2.45) is 0 Å². The highest BCUT2D eigenvalue weighted by molar-refractivity contribution is 5.88. The van der Waals surface area contributed by atoms with Gasteiger partial charge in [0.1, 0.15) is 12.3 Å². The van der Waals surface area contributed by atoms with Gasteiger partial charge in [0.15, 0.2) is 0 Å². The highest BCUT2D eigenvalue weighted by Crippen LogP contribution is 2.07. The topological polar surface area (TPSA) is 101 Å². The molecule has 1 unspecified atom stereocenters. The van der Waals surface area contributed by atoms with Crippen molar-refractivity contribution in [3.8, 4) is 0 Å². The fraction of sp³-hybridized carbons (Fsp3) is 0.357. The number of anilines is 1. The smallest absolute Gasteiger partial charge is 0.242 e. The molecule has 108 valence electrons. The summed E-state index contributed by atoms with van der Waals surface area (Å²) in [6.07, 6.45) is 1.36. The molecule has 1 rings (SSSR count). The van der Waals surface area contributed by atoms with Gasteiger partial charge in [-0.15, -0.1) is 0 Å². The Morgan fingerprint density at radius 2 is 2.15 bits per heavy atom. The molecule has 0 heterocycles. The number of benzene rings is 1. The zero-order valence-corrected chi connectivity index (χ0v) is 11.4. The molecule has 1 aromatic carbocycles. The van der Waals surface area contributed by atoms with Crippen molar-refractivity contribution < 1.29 is 14.4 Å². The second kappa shape index (κ2) is 7.93. The maximum atomic E-state index is 11.9. The zero-order valence-electron chi connectivity index (χ0n) is 11.4. The lowest BCUT2D eigenvalue weighted by Crippen LogP contribution is -2.46. The number of aldehydes is 1. The number of nitrogens with two attached hydrogens (primary N) is 1. The lowest BCUT2D eigenvalue weighted by Gasteiger charge is -2.16. The fourth-order valence-corrected chi connectivity index (χ4v) is 1.81. The molecular weight excluding hydrogens is 258 g/mol. The van der Waals surface area contributed by atoms with Crippen molar-refractivity contribution in [3.05, 3.63) is 29.8 Å². The third-order valence-corrected chi connectivity index (χ3v) is 2.79. The van der Waals surface area contributed by atoms with Crippen molar-refractivity contribution in [2.75, 3.05) is 12.8 Å². The molecule has 2 amide bonds. The standard InChI is InChI=1S/C14H19N3O3/c1-16-14(20)12(6-3-7-18)17-13(19)9-10-4-2-5-11(15)8-10/h2,4-5,7-8,12H,3,6,9,15H2,1H3,(H,16,20)(H,17,19). The molecule has 1 atom stereocenters. The zero-order chi connectivity index (χ0) is 15.0. The van der Waals surface area contributed by atoms with E-state index >= 15 is 0 Å².